The quantitative estimate of drug-likeness (QED) is 0.735. The minimum Gasteiger partial charge on any atom is -0.390 e. The molecular weight excluding hydrogens is 188 g/mol. The Kier molecular flexibility index (Phi) is 3.13. The second kappa shape index (κ2) is 3.76. The lowest BCUT2D eigenvalue weighted by Gasteiger charge is -2.49. The van der Waals surface area contributed by atoms with E-state index in [4.69, 9.17) is 0 Å². The normalized spacial score (nSPS) is 32.7. The summed E-state index contributed by atoms with van der Waals surface area (Å²) < 4.78 is 0. The lowest BCUT2D eigenvalue weighted by atomic mass is 9.60. The molecule has 2 nitrogen and oxygen atoms in total. The van der Waals surface area contributed by atoms with Crippen molar-refractivity contribution >= 4 is 0 Å². The van der Waals surface area contributed by atoms with Crippen LogP contribution in [0.2, 0.25) is 0 Å². The molecule has 0 saturated carbocycles. The monoisotopic (exact) mass is 210 g/mol. The summed E-state index contributed by atoms with van der Waals surface area (Å²) >= 11 is 0. The summed E-state index contributed by atoms with van der Waals surface area (Å²) in [6.07, 6.45) is 2.52. The summed E-state index contributed by atoms with van der Waals surface area (Å²) in [5, 5.41) is 20.3. The zero-order valence-corrected chi connectivity index (χ0v) is 10.2. The first-order chi connectivity index (χ1) is 6.77. The molecule has 0 saturated heterocycles. The fraction of sp³-hybridized carbons (Fsp3) is 0.692. The average Bonchev–Trinajstić information content (AvgIpc) is 2.12. The number of allylic oxidation sites excluding steroid dienone is 2. The van der Waals surface area contributed by atoms with Crippen molar-refractivity contribution in [2.24, 2.45) is 5.41 Å². The van der Waals surface area contributed by atoms with Gasteiger partial charge in [-0.2, -0.15) is 0 Å². The van der Waals surface area contributed by atoms with Crippen molar-refractivity contribution in [1.29, 1.82) is 0 Å². The molecule has 0 fully saturated rings. The molecule has 0 unspecified atom stereocenters. The van der Waals surface area contributed by atoms with Crippen LogP contribution in [0.1, 0.15) is 40.5 Å². The van der Waals surface area contributed by atoms with Crippen LogP contribution in [0.25, 0.3) is 0 Å². The predicted molar refractivity (Wildman–Crippen MR) is 62.5 cm³/mol. The van der Waals surface area contributed by atoms with E-state index in [1.54, 1.807) is 6.92 Å². The van der Waals surface area contributed by atoms with Crippen LogP contribution in [0.15, 0.2) is 23.8 Å². The number of hydrogen-bond donors (Lipinski definition) is 2. The summed E-state index contributed by atoms with van der Waals surface area (Å²) in [5.41, 5.74) is 0.846. The smallest absolute Gasteiger partial charge is 0.0996 e. The Bertz CT molecular complexity index is 300. The summed E-state index contributed by atoms with van der Waals surface area (Å²) in [6.45, 7) is 11.5. The minimum absolute atomic E-state index is 0.439. The van der Waals surface area contributed by atoms with Gasteiger partial charge in [0.15, 0.2) is 0 Å². The van der Waals surface area contributed by atoms with E-state index in [2.05, 4.69) is 13.5 Å². The van der Waals surface area contributed by atoms with E-state index >= 15 is 0 Å². The summed E-state index contributed by atoms with van der Waals surface area (Å²) in [6, 6.07) is 0. The molecule has 15 heavy (non-hydrogen) atoms. The van der Waals surface area contributed by atoms with Gasteiger partial charge in [0.1, 0.15) is 0 Å². The van der Waals surface area contributed by atoms with Crippen LogP contribution >= 0.6 is 0 Å². The van der Waals surface area contributed by atoms with E-state index in [0.717, 1.165) is 12.0 Å². The van der Waals surface area contributed by atoms with Crippen LogP contribution in [0, 0.1) is 5.41 Å². The Hall–Kier alpha value is -0.600. The summed E-state index contributed by atoms with van der Waals surface area (Å²) in [4.78, 5) is 0. The van der Waals surface area contributed by atoms with Crippen molar-refractivity contribution in [2.45, 2.75) is 52.2 Å². The molecule has 2 heteroatoms. The highest BCUT2D eigenvalue weighted by Crippen LogP contribution is 2.49. The van der Waals surface area contributed by atoms with Crippen molar-refractivity contribution < 1.29 is 10.2 Å². The molecule has 0 amide bonds. The van der Waals surface area contributed by atoms with Gasteiger partial charge in [0.25, 0.3) is 0 Å². The lowest BCUT2D eigenvalue weighted by molar-refractivity contribution is -0.136. The molecular formula is C13H22O2. The van der Waals surface area contributed by atoms with Gasteiger partial charge in [-0.25, -0.2) is 0 Å². The van der Waals surface area contributed by atoms with Gasteiger partial charge in [0.2, 0.25) is 0 Å². The Labute approximate surface area is 92.3 Å². The molecule has 1 rings (SSSR count). The molecule has 0 heterocycles. The Morgan fingerprint density at radius 3 is 2.40 bits per heavy atom. The second-order valence-electron chi connectivity index (χ2n) is 5.12. The molecule has 0 aromatic heterocycles. The fourth-order valence-electron chi connectivity index (χ4n) is 2.75. The first kappa shape index (κ1) is 12.5. The number of aliphatic hydroxyl groups is 2. The molecule has 0 spiro atoms. The maximum Gasteiger partial charge on any atom is 0.0996 e. The Morgan fingerprint density at radius 1 is 1.47 bits per heavy atom. The third-order valence-corrected chi connectivity index (χ3v) is 3.99. The predicted octanol–water partition coefficient (Wildman–Crippen LogP) is 2.42. The van der Waals surface area contributed by atoms with Gasteiger partial charge in [-0.05, 0) is 32.3 Å². The van der Waals surface area contributed by atoms with Crippen LogP contribution in [0.5, 0.6) is 0 Å². The molecule has 1 aliphatic carbocycles. The highest BCUT2D eigenvalue weighted by Gasteiger charge is 2.50. The minimum atomic E-state index is -1.05. The zero-order chi connectivity index (χ0) is 11.9. The molecule has 1 aliphatic rings. The number of aliphatic hydroxyl groups excluding tert-OH is 1. The fourth-order valence-corrected chi connectivity index (χ4v) is 2.75. The SMILES string of the molecule is C=CC1=C(C)CC[C@@](O)([C@H](C)O)C1(C)C. The highest BCUT2D eigenvalue weighted by atomic mass is 16.3. The van der Waals surface area contributed by atoms with Gasteiger partial charge < -0.3 is 10.2 Å². The zero-order valence-electron chi connectivity index (χ0n) is 10.2. The van der Waals surface area contributed by atoms with Gasteiger partial charge in [-0.15, -0.1) is 0 Å². The Balaban J connectivity index is 3.27. The third kappa shape index (κ3) is 1.66. The van der Waals surface area contributed by atoms with Crippen LogP contribution in [-0.2, 0) is 0 Å². The largest absolute Gasteiger partial charge is 0.390 e. The molecule has 2 N–H and O–H groups in total. The first-order valence-corrected chi connectivity index (χ1v) is 5.50. The summed E-state index contributed by atoms with van der Waals surface area (Å²) in [5.74, 6) is 0. The van der Waals surface area contributed by atoms with E-state index in [-0.39, 0.29) is 0 Å². The van der Waals surface area contributed by atoms with Crippen LogP contribution in [0.3, 0.4) is 0 Å². The molecule has 0 radical (unpaired) electrons. The number of hydrogen-bond acceptors (Lipinski definition) is 2. The van der Waals surface area contributed by atoms with Crippen LogP contribution in [-0.4, -0.2) is 21.9 Å². The van der Waals surface area contributed by atoms with E-state index in [0.29, 0.717) is 6.42 Å². The van der Waals surface area contributed by atoms with Crippen LogP contribution in [0.4, 0.5) is 0 Å². The van der Waals surface area contributed by atoms with Gasteiger partial charge in [-0.1, -0.05) is 32.1 Å². The van der Waals surface area contributed by atoms with Gasteiger partial charge in [-0.3, -0.25) is 0 Å². The molecule has 86 valence electrons. The van der Waals surface area contributed by atoms with Crippen molar-refractivity contribution in [3.05, 3.63) is 23.8 Å². The van der Waals surface area contributed by atoms with Crippen LogP contribution < -0.4 is 0 Å². The molecule has 0 aromatic carbocycles. The molecule has 2 atom stereocenters. The first-order valence-electron chi connectivity index (χ1n) is 5.50. The Morgan fingerprint density at radius 2 is 2.00 bits per heavy atom. The van der Waals surface area contributed by atoms with E-state index < -0.39 is 17.1 Å². The van der Waals surface area contributed by atoms with Crippen molar-refractivity contribution in [3.63, 3.8) is 0 Å². The van der Waals surface area contributed by atoms with Crippen molar-refractivity contribution in [2.75, 3.05) is 0 Å². The van der Waals surface area contributed by atoms with Gasteiger partial charge >= 0.3 is 0 Å². The molecule has 0 bridgehead atoms. The average molecular weight is 210 g/mol. The van der Waals surface area contributed by atoms with Gasteiger partial charge in [0.05, 0.1) is 11.7 Å². The maximum atomic E-state index is 10.6. The van der Waals surface area contributed by atoms with Crippen molar-refractivity contribution in [1.82, 2.24) is 0 Å². The lowest BCUT2D eigenvalue weighted by Crippen LogP contribution is -2.55. The topological polar surface area (TPSA) is 40.5 Å². The van der Waals surface area contributed by atoms with E-state index in [9.17, 15) is 10.2 Å². The van der Waals surface area contributed by atoms with Gasteiger partial charge in [0, 0.05) is 5.41 Å². The maximum absolute atomic E-state index is 10.6. The number of rotatable bonds is 2. The second-order valence-corrected chi connectivity index (χ2v) is 5.12. The molecule has 0 aromatic rings. The third-order valence-electron chi connectivity index (χ3n) is 3.99. The highest BCUT2D eigenvalue weighted by molar-refractivity contribution is 5.36. The standard InChI is InChI=1S/C13H22O2/c1-6-11-9(2)7-8-13(15,10(3)14)12(11,4)5/h6,10,14-15H,1,7-8H2,2-5H3/t10-,13+/m0/s1. The summed E-state index contributed by atoms with van der Waals surface area (Å²) in [7, 11) is 0. The van der Waals surface area contributed by atoms with E-state index in [1.165, 1.54) is 5.57 Å². The molecule has 0 aliphatic heterocycles. The van der Waals surface area contributed by atoms with E-state index in [1.807, 2.05) is 19.9 Å². The van der Waals surface area contributed by atoms with Crippen molar-refractivity contribution in [3.8, 4) is 0 Å².